The molecule has 104 valence electrons. The van der Waals surface area contributed by atoms with Crippen LogP contribution in [0.25, 0.3) is 10.9 Å². The summed E-state index contributed by atoms with van der Waals surface area (Å²) in [4.78, 5) is 0. The summed E-state index contributed by atoms with van der Waals surface area (Å²) >= 11 is 0. The lowest BCUT2D eigenvalue weighted by atomic mass is 9.80. The minimum atomic E-state index is 0.278. The van der Waals surface area contributed by atoms with Crippen molar-refractivity contribution in [3.63, 3.8) is 0 Å². The van der Waals surface area contributed by atoms with Gasteiger partial charge in [-0.3, -0.25) is 4.68 Å². The molecule has 0 aliphatic rings. The van der Waals surface area contributed by atoms with Crippen LogP contribution in [0.3, 0.4) is 0 Å². The SMILES string of the molecule is CCCC(C)(CNC)Cc1nn(C)c2ccccc12. The van der Waals surface area contributed by atoms with Crippen LogP contribution < -0.4 is 5.32 Å². The lowest BCUT2D eigenvalue weighted by Gasteiger charge is -2.28. The zero-order chi connectivity index (χ0) is 13.9. The van der Waals surface area contributed by atoms with Crippen molar-refractivity contribution in [2.45, 2.75) is 33.1 Å². The van der Waals surface area contributed by atoms with Gasteiger partial charge < -0.3 is 5.32 Å². The maximum Gasteiger partial charge on any atom is 0.0709 e. The van der Waals surface area contributed by atoms with E-state index in [1.54, 1.807) is 0 Å². The lowest BCUT2D eigenvalue weighted by Crippen LogP contribution is -2.32. The molecular formula is C16H25N3. The van der Waals surface area contributed by atoms with Crippen LogP contribution in [0.1, 0.15) is 32.4 Å². The summed E-state index contributed by atoms with van der Waals surface area (Å²) < 4.78 is 2.00. The highest BCUT2D eigenvalue weighted by atomic mass is 15.3. The van der Waals surface area contributed by atoms with E-state index in [0.717, 1.165) is 13.0 Å². The van der Waals surface area contributed by atoms with Gasteiger partial charge in [-0.15, -0.1) is 0 Å². The molecule has 0 bridgehead atoms. The van der Waals surface area contributed by atoms with E-state index in [4.69, 9.17) is 5.10 Å². The van der Waals surface area contributed by atoms with Gasteiger partial charge in [0, 0.05) is 19.0 Å². The highest BCUT2D eigenvalue weighted by Crippen LogP contribution is 2.30. The number of nitrogens with one attached hydrogen (secondary N) is 1. The van der Waals surface area contributed by atoms with Gasteiger partial charge in [-0.1, -0.05) is 38.5 Å². The second-order valence-corrected chi connectivity index (χ2v) is 5.86. The van der Waals surface area contributed by atoms with E-state index in [9.17, 15) is 0 Å². The molecule has 0 fully saturated rings. The summed E-state index contributed by atoms with van der Waals surface area (Å²) in [6.07, 6.45) is 3.46. The smallest absolute Gasteiger partial charge is 0.0709 e. The number of rotatable bonds is 6. The van der Waals surface area contributed by atoms with Crippen LogP contribution in [-0.4, -0.2) is 23.4 Å². The van der Waals surface area contributed by atoms with E-state index in [2.05, 4.69) is 43.4 Å². The standard InChI is InChI=1S/C16H25N3/c1-5-10-16(2,12-17-3)11-14-13-8-6-7-9-15(13)19(4)18-14/h6-9,17H,5,10-12H2,1-4H3. The fraction of sp³-hybridized carbons (Fsp3) is 0.562. The molecule has 2 aromatic rings. The molecule has 19 heavy (non-hydrogen) atoms. The van der Waals surface area contributed by atoms with Crippen molar-refractivity contribution in [1.82, 2.24) is 15.1 Å². The number of benzene rings is 1. The first kappa shape index (κ1) is 14.1. The number of hydrogen-bond donors (Lipinski definition) is 1. The van der Waals surface area contributed by atoms with Crippen LogP contribution in [0.4, 0.5) is 0 Å². The summed E-state index contributed by atoms with van der Waals surface area (Å²) in [6, 6.07) is 8.50. The summed E-state index contributed by atoms with van der Waals surface area (Å²) in [7, 11) is 4.06. The molecular weight excluding hydrogens is 234 g/mol. The second-order valence-electron chi connectivity index (χ2n) is 5.86. The minimum Gasteiger partial charge on any atom is -0.319 e. The molecule has 1 aromatic heterocycles. The first-order valence-corrected chi connectivity index (χ1v) is 7.15. The molecule has 0 saturated carbocycles. The minimum absolute atomic E-state index is 0.278. The fourth-order valence-corrected chi connectivity index (χ4v) is 3.09. The van der Waals surface area contributed by atoms with Gasteiger partial charge in [0.2, 0.25) is 0 Å². The first-order valence-electron chi connectivity index (χ1n) is 7.15. The molecule has 1 aromatic carbocycles. The third-order valence-corrected chi connectivity index (χ3v) is 3.89. The molecule has 1 heterocycles. The Hall–Kier alpha value is -1.35. The maximum atomic E-state index is 4.73. The van der Waals surface area contributed by atoms with Crippen LogP contribution in [0, 0.1) is 5.41 Å². The monoisotopic (exact) mass is 259 g/mol. The summed E-state index contributed by atoms with van der Waals surface area (Å²) in [6.45, 7) is 5.65. The van der Waals surface area contributed by atoms with Crippen molar-refractivity contribution in [1.29, 1.82) is 0 Å². The number of hydrogen-bond acceptors (Lipinski definition) is 2. The Morgan fingerprint density at radius 1 is 1.32 bits per heavy atom. The summed E-state index contributed by atoms with van der Waals surface area (Å²) in [5.41, 5.74) is 2.73. The number of aryl methyl sites for hydroxylation is 1. The molecule has 0 amide bonds. The van der Waals surface area contributed by atoms with E-state index in [1.165, 1.54) is 29.4 Å². The van der Waals surface area contributed by atoms with E-state index in [0.29, 0.717) is 0 Å². The zero-order valence-corrected chi connectivity index (χ0v) is 12.5. The van der Waals surface area contributed by atoms with Crippen molar-refractivity contribution >= 4 is 10.9 Å². The van der Waals surface area contributed by atoms with Gasteiger partial charge >= 0.3 is 0 Å². The molecule has 0 aliphatic heterocycles. The van der Waals surface area contributed by atoms with Gasteiger partial charge in [-0.2, -0.15) is 5.10 Å². The van der Waals surface area contributed by atoms with Crippen molar-refractivity contribution in [2.75, 3.05) is 13.6 Å². The molecule has 0 saturated heterocycles. The maximum absolute atomic E-state index is 4.73. The predicted molar refractivity (Wildman–Crippen MR) is 81.4 cm³/mol. The first-order chi connectivity index (χ1) is 9.09. The van der Waals surface area contributed by atoms with Gasteiger partial charge in [0.05, 0.1) is 11.2 Å². The Bertz CT molecular complexity index is 536. The van der Waals surface area contributed by atoms with Crippen molar-refractivity contribution < 1.29 is 0 Å². The topological polar surface area (TPSA) is 29.9 Å². The predicted octanol–water partition coefficient (Wildman–Crippen LogP) is 3.14. The molecule has 1 unspecified atom stereocenters. The average Bonchev–Trinajstić information content (AvgIpc) is 2.67. The van der Waals surface area contributed by atoms with Crippen LogP contribution in [0.5, 0.6) is 0 Å². The normalized spacial score (nSPS) is 14.7. The molecule has 3 nitrogen and oxygen atoms in total. The summed E-state index contributed by atoms with van der Waals surface area (Å²) in [5, 5.41) is 9.36. The second kappa shape index (κ2) is 5.74. The van der Waals surface area contributed by atoms with Gasteiger partial charge in [0.1, 0.15) is 0 Å². The van der Waals surface area contributed by atoms with Crippen molar-refractivity contribution in [2.24, 2.45) is 12.5 Å². The quantitative estimate of drug-likeness (QED) is 0.863. The molecule has 1 N–H and O–H groups in total. The Balaban J connectivity index is 2.34. The lowest BCUT2D eigenvalue weighted by molar-refractivity contribution is 0.280. The van der Waals surface area contributed by atoms with E-state index >= 15 is 0 Å². The molecule has 0 aliphatic carbocycles. The van der Waals surface area contributed by atoms with Crippen LogP contribution in [0.2, 0.25) is 0 Å². The Labute approximate surface area is 116 Å². The van der Waals surface area contributed by atoms with Gasteiger partial charge in [0.15, 0.2) is 0 Å². The van der Waals surface area contributed by atoms with E-state index in [-0.39, 0.29) is 5.41 Å². The molecule has 0 spiro atoms. The number of para-hydroxylation sites is 1. The number of fused-ring (bicyclic) bond motifs is 1. The number of aromatic nitrogens is 2. The van der Waals surface area contributed by atoms with Crippen molar-refractivity contribution in [3.8, 4) is 0 Å². The van der Waals surface area contributed by atoms with Crippen LogP contribution in [0.15, 0.2) is 24.3 Å². The van der Waals surface area contributed by atoms with E-state index < -0.39 is 0 Å². The third-order valence-electron chi connectivity index (χ3n) is 3.89. The fourth-order valence-electron chi connectivity index (χ4n) is 3.09. The van der Waals surface area contributed by atoms with Gasteiger partial charge in [-0.05, 0) is 31.4 Å². The highest BCUT2D eigenvalue weighted by molar-refractivity contribution is 5.81. The third kappa shape index (κ3) is 2.98. The molecule has 0 radical (unpaired) electrons. The van der Waals surface area contributed by atoms with Crippen molar-refractivity contribution in [3.05, 3.63) is 30.0 Å². The van der Waals surface area contributed by atoms with Crippen LogP contribution >= 0.6 is 0 Å². The molecule has 3 heteroatoms. The Morgan fingerprint density at radius 3 is 2.74 bits per heavy atom. The Kier molecular flexibility index (Phi) is 4.25. The Morgan fingerprint density at radius 2 is 2.05 bits per heavy atom. The van der Waals surface area contributed by atoms with E-state index in [1.807, 2.05) is 18.8 Å². The molecule has 2 rings (SSSR count). The zero-order valence-electron chi connectivity index (χ0n) is 12.5. The van der Waals surface area contributed by atoms with Gasteiger partial charge in [-0.25, -0.2) is 0 Å². The van der Waals surface area contributed by atoms with Crippen LogP contribution in [-0.2, 0) is 13.5 Å². The number of nitrogens with zero attached hydrogens (tertiary/aromatic N) is 2. The molecule has 1 atom stereocenters. The summed E-state index contributed by atoms with van der Waals surface area (Å²) in [5.74, 6) is 0. The average molecular weight is 259 g/mol. The van der Waals surface area contributed by atoms with Gasteiger partial charge in [0.25, 0.3) is 0 Å². The largest absolute Gasteiger partial charge is 0.319 e. The highest BCUT2D eigenvalue weighted by Gasteiger charge is 2.25.